The van der Waals surface area contributed by atoms with Crippen LogP contribution >= 0.6 is 11.6 Å². The second-order valence-corrected chi connectivity index (χ2v) is 6.97. The second kappa shape index (κ2) is 10.5. The van der Waals surface area contributed by atoms with E-state index in [1.165, 1.54) is 0 Å². The molecule has 5 heteroatoms. The fourth-order valence-corrected chi connectivity index (χ4v) is 3.25. The highest BCUT2D eigenvalue weighted by Gasteiger charge is 2.12. The molecule has 0 amide bonds. The van der Waals surface area contributed by atoms with Crippen molar-refractivity contribution in [3.8, 4) is 5.75 Å². The molecule has 0 aliphatic rings. The maximum Gasteiger partial charge on any atom is 0.513 e. The Kier molecular flexibility index (Phi) is 7.54. The Morgan fingerprint density at radius 3 is 2.48 bits per heavy atom. The molecule has 0 spiro atoms. The van der Waals surface area contributed by atoms with Gasteiger partial charge in [0.15, 0.2) is 0 Å². The van der Waals surface area contributed by atoms with Gasteiger partial charge in [-0.1, -0.05) is 66.2 Å². The average Bonchev–Trinajstić information content (AvgIpc) is 2.73. The zero-order chi connectivity index (χ0) is 20.5. The van der Waals surface area contributed by atoms with Crippen molar-refractivity contribution in [2.45, 2.75) is 13.3 Å². The van der Waals surface area contributed by atoms with Gasteiger partial charge in [-0.05, 0) is 42.3 Å². The Morgan fingerprint density at radius 2 is 1.72 bits per heavy atom. The van der Waals surface area contributed by atoms with Crippen LogP contribution < -0.4 is 9.64 Å². The summed E-state index contributed by atoms with van der Waals surface area (Å²) in [6, 6.07) is 25.2. The van der Waals surface area contributed by atoms with E-state index in [0.29, 0.717) is 23.7 Å². The van der Waals surface area contributed by atoms with Crippen LogP contribution in [0.1, 0.15) is 18.1 Å². The molecule has 0 heterocycles. The first-order valence-corrected chi connectivity index (χ1v) is 10.0. The molecule has 0 aliphatic heterocycles. The standard InChI is InChI=1S/C24H24ClNO3/c1-2-26(22-13-8-12-21(25)18-22)15-16-28-24(27)29-23-14-7-6-11-20(23)17-19-9-4-3-5-10-19/h3-14,18H,2,15-17H2,1H3. The van der Waals surface area contributed by atoms with Crippen LogP contribution in [0.15, 0.2) is 78.9 Å². The predicted molar refractivity (Wildman–Crippen MR) is 117 cm³/mol. The molecule has 0 aliphatic carbocycles. The Bertz CT molecular complexity index is 930. The van der Waals surface area contributed by atoms with Gasteiger partial charge in [0.05, 0.1) is 6.54 Å². The van der Waals surface area contributed by atoms with E-state index in [0.717, 1.165) is 23.4 Å². The molecule has 0 aromatic heterocycles. The van der Waals surface area contributed by atoms with Crippen molar-refractivity contribution in [1.82, 2.24) is 0 Å². The van der Waals surface area contributed by atoms with Crippen molar-refractivity contribution in [1.29, 1.82) is 0 Å². The molecule has 3 aromatic carbocycles. The van der Waals surface area contributed by atoms with Gasteiger partial charge in [-0.2, -0.15) is 0 Å². The highest BCUT2D eigenvalue weighted by molar-refractivity contribution is 6.30. The van der Waals surface area contributed by atoms with Crippen LogP contribution in [-0.2, 0) is 11.2 Å². The lowest BCUT2D eigenvalue weighted by Gasteiger charge is -2.23. The molecule has 0 saturated carbocycles. The second-order valence-electron chi connectivity index (χ2n) is 6.53. The summed E-state index contributed by atoms with van der Waals surface area (Å²) in [5.41, 5.74) is 3.08. The molecule has 0 atom stereocenters. The quantitative estimate of drug-likeness (QED) is 0.339. The minimum Gasteiger partial charge on any atom is -0.432 e. The Labute approximate surface area is 176 Å². The van der Waals surface area contributed by atoms with Gasteiger partial charge in [0.2, 0.25) is 0 Å². The van der Waals surface area contributed by atoms with Crippen LogP contribution in [0.2, 0.25) is 5.02 Å². The lowest BCUT2D eigenvalue weighted by molar-refractivity contribution is 0.101. The molecule has 150 valence electrons. The summed E-state index contributed by atoms with van der Waals surface area (Å²) in [5, 5.41) is 0.677. The Balaban J connectivity index is 1.54. The van der Waals surface area contributed by atoms with Crippen molar-refractivity contribution in [3.63, 3.8) is 0 Å². The van der Waals surface area contributed by atoms with Gasteiger partial charge in [-0.15, -0.1) is 0 Å². The van der Waals surface area contributed by atoms with E-state index in [4.69, 9.17) is 21.1 Å². The van der Waals surface area contributed by atoms with E-state index in [1.54, 1.807) is 6.07 Å². The maximum atomic E-state index is 12.2. The molecule has 0 unspecified atom stereocenters. The third kappa shape index (κ3) is 6.26. The molecule has 29 heavy (non-hydrogen) atoms. The molecular formula is C24H24ClNO3. The number of nitrogens with zero attached hydrogens (tertiary/aromatic N) is 1. The van der Waals surface area contributed by atoms with Crippen LogP contribution in [0.25, 0.3) is 0 Å². The first kappa shape index (κ1) is 20.7. The largest absolute Gasteiger partial charge is 0.513 e. The first-order chi connectivity index (χ1) is 14.2. The number of para-hydroxylation sites is 1. The highest BCUT2D eigenvalue weighted by Crippen LogP contribution is 2.22. The van der Waals surface area contributed by atoms with E-state index in [-0.39, 0.29) is 6.61 Å². The summed E-state index contributed by atoms with van der Waals surface area (Å²) in [5.74, 6) is 0.517. The minimum atomic E-state index is -0.701. The Hall–Kier alpha value is -2.98. The summed E-state index contributed by atoms with van der Waals surface area (Å²) < 4.78 is 10.8. The maximum absolute atomic E-state index is 12.2. The predicted octanol–water partition coefficient (Wildman–Crippen LogP) is 5.97. The van der Waals surface area contributed by atoms with E-state index in [2.05, 4.69) is 4.90 Å². The van der Waals surface area contributed by atoms with Crippen molar-refractivity contribution in [3.05, 3.63) is 95.0 Å². The molecular weight excluding hydrogens is 386 g/mol. The molecule has 0 bridgehead atoms. The lowest BCUT2D eigenvalue weighted by Crippen LogP contribution is -2.28. The number of carbonyl (C=O) groups excluding carboxylic acids is 1. The third-order valence-electron chi connectivity index (χ3n) is 4.54. The number of hydrogen-bond donors (Lipinski definition) is 0. The highest BCUT2D eigenvalue weighted by atomic mass is 35.5. The average molecular weight is 410 g/mol. The lowest BCUT2D eigenvalue weighted by atomic mass is 10.0. The van der Waals surface area contributed by atoms with Gasteiger partial charge < -0.3 is 14.4 Å². The summed E-state index contributed by atoms with van der Waals surface area (Å²) in [6.45, 7) is 3.59. The number of halogens is 1. The van der Waals surface area contributed by atoms with E-state index in [9.17, 15) is 4.79 Å². The molecule has 0 N–H and O–H groups in total. The van der Waals surface area contributed by atoms with E-state index < -0.39 is 6.16 Å². The van der Waals surface area contributed by atoms with Gasteiger partial charge >= 0.3 is 6.16 Å². The smallest absolute Gasteiger partial charge is 0.432 e. The summed E-state index contributed by atoms with van der Waals surface area (Å²) >= 11 is 6.06. The number of ether oxygens (including phenoxy) is 2. The monoisotopic (exact) mass is 409 g/mol. The number of carbonyl (C=O) groups is 1. The molecule has 0 fully saturated rings. The number of hydrogen-bond acceptors (Lipinski definition) is 4. The number of likely N-dealkylation sites (N-methyl/N-ethyl adjacent to an activating group) is 1. The SMILES string of the molecule is CCN(CCOC(=O)Oc1ccccc1Cc1ccccc1)c1cccc(Cl)c1. The van der Waals surface area contributed by atoms with Crippen molar-refractivity contribution < 1.29 is 14.3 Å². The molecule has 0 saturated heterocycles. The number of anilines is 1. The fraction of sp³-hybridized carbons (Fsp3) is 0.208. The van der Waals surface area contributed by atoms with Crippen LogP contribution in [0.3, 0.4) is 0 Å². The van der Waals surface area contributed by atoms with E-state index >= 15 is 0 Å². The zero-order valence-electron chi connectivity index (χ0n) is 16.4. The topological polar surface area (TPSA) is 38.8 Å². The minimum absolute atomic E-state index is 0.222. The van der Waals surface area contributed by atoms with Gasteiger partial charge in [-0.3, -0.25) is 0 Å². The van der Waals surface area contributed by atoms with Crippen LogP contribution in [-0.4, -0.2) is 25.9 Å². The summed E-state index contributed by atoms with van der Waals surface area (Å²) in [7, 11) is 0. The molecule has 3 rings (SSSR count). The summed E-state index contributed by atoms with van der Waals surface area (Å²) in [4.78, 5) is 14.3. The van der Waals surface area contributed by atoms with Crippen LogP contribution in [0, 0.1) is 0 Å². The molecule has 3 aromatic rings. The van der Waals surface area contributed by atoms with E-state index in [1.807, 2.05) is 79.7 Å². The number of benzene rings is 3. The number of rotatable bonds is 8. The fourth-order valence-electron chi connectivity index (χ4n) is 3.07. The molecule has 0 radical (unpaired) electrons. The van der Waals surface area contributed by atoms with Crippen LogP contribution in [0.4, 0.5) is 10.5 Å². The van der Waals surface area contributed by atoms with Crippen molar-refractivity contribution in [2.75, 3.05) is 24.6 Å². The third-order valence-corrected chi connectivity index (χ3v) is 4.77. The van der Waals surface area contributed by atoms with Crippen molar-refractivity contribution >= 4 is 23.4 Å². The Morgan fingerprint density at radius 1 is 0.966 bits per heavy atom. The zero-order valence-corrected chi connectivity index (χ0v) is 17.1. The molecule has 4 nitrogen and oxygen atoms in total. The van der Waals surface area contributed by atoms with Crippen LogP contribution in [0.5, 0.6) is 5.75 Å². The first-order valence-electron chi connectivity index (χ1n) is 9.62. The normalized spacial score (nSPS) is 10.4. The van der Waals surface area contributed by atoms with Gasteiger partial charge in [0.25, 0.3) is 0 Å². The van der Waals surface area contributed by atoms with Crippen molar-refractivity contribution in [2.24, 2.45) is 0 Å². The van der Waals surface area contributed by atoms with Gasteiger partial charge in [-0.25, -0.2) is 4.79 Å². The summed E-state index contributed by atoms with van der Waals surface area (Å²) in [6.07, 6.45) is -0.0180. The van der Waals surface area contributed by atoms with Gasteiger partial charge in [0.1, 0.15) is 12.4 Å². The van der Waals surface area contributed by atoms with Gasteiger partial charge in [0, 0.05) is 23.7 Å².